The van der Waals surface area contributed by atoms with Crippen LogP contribution in [0.4, 0.5) is 0 Å². The Morgan fingerprint density at radius 2 is 2.18 bits per heavy atom. The van der Waals surface area contributed by atoms with Gasteiger partial charge in [0.25, 0.3) is 0 Å². The zero-order valence-electron chi connectivity index (χ0n) is 10.4. The summed E-state index contributed by atoms with van der Waals surface area (Å²) >= 11 is 0. The Bertz CT molecular complexity index is 356. The number of rotatable bonds is 5. The van der Waals surface area contributed by atoms with Crippen LogP contribution in [0.3, 0.4) is 0 Å². The standard InChI is InChI=1S/C10H21N3O3S/c1-11-7-10(14)13-5-3-4-9(8-13)6-12-17(2,15)16/h9,11-12H,3-8H2,1-2H3. The Hall–Kier alpha value is -0.660. The lowest BCUT2D eigenvalue weighted by atomic mass is 9.98. The van der Waals surface area contributed by atoms with Gasteiger partial charge in [0.05, 0.1) is 12.8 Å². The van der Waals surface area contributed by atoms with Crippen LogP contribution in [0.2, 0.25) is 0 Å². The number of nitrogens with one attached hydrogen (secondary N) is 2. The predicted octanol–water partition coefficient (Wildman–Crippen LogP) is -1.01. The number of likely N-dealkylation sites (N-methyl/N-ethyl adjacent to an activating group) is 1. The van der Waals surface area contributed by atoms with Crippen molar-refractivity contribution < 1.29 is 13.2 Å². The number of hydrogen-bond acceptors (Lipinski definition) is 4. The van der Waals surface area contributed by atoms with E-state index >= 15 is 0 Å². The summed E-state index contributed by atoms with van der Waals surface area (Å²) in [7, 11) is -1.40. The monoisotopic (exact) mass is 263 g/mol. The third-order valence-corrected chi connectivity index (χ3v) is 3.52. The molecule has 1 amide bonds. The molecule has 0 spiro atoms. The van der Waals surface area contributed by atoms with Gasteiger partial charge in [-0.15, -0.1) is 0 Å². The highest BCUT2D eigenvalue weighted by Crippen LogP contribution is 2.15. The molecule has 0 radical (unpaired) electrons. The minimum Gasteiger partial charge on any atom is -0.341 e. The van der Waals surface area contributed by atoms with Crippen molar-refractivity contribution in [2.75, 3.05) is 39.5 Å². The van der Waals surface area contributed by atoms with Gasteiger partial charge in [0.1, 0.15) is 0 Å². The van der Waals surface area contributed by atoms with E-state index in [0.717, 1.165) is 25.6 Å². The first kappa shape index (κ1) is 14.4. The minimum absolute atomic E-state index is 0.0801. The van der Waals surface area contributed by atoms with Crippen LogP contribution in [0, 0.1) is 5.92 Å². The van der Waals surface area contributed by atoms with Gasteiger partial charge in [-0.25, -0.2) is 13.1 Å². The average molecular weight is 263 g/mol. The molecule has 1 heterocycles. The quantitative estimate of drug-likeness (QED) is 0.666. The molecule has 100 valence electrons. The van der Waals surface area contributed by atoms with Crippen LogP contribution < -0.4 is 10.0 Å². The summed E-state index contributed by atoms with van der Waals surface area (Å²) in [6, 6.07) is 0. The largest absolute Gasteiger partial charge is 0.341 e. The minimum atomic E-state index is -3.14. The Morgan fingerprint density at radius 1 is 1.47 bits per heavy atom. The smallest absolute Gasteiger partial charge is 0.236 e. The van der Waals surface area contributed by atoms with Crippen LogP contribution >= 0.6 is 0 Å². The van der Waals surface area contributed by atoms with Gasteiger partial charge in [-0.3, -0.25) is 4.79 Å². The normalized spacial score (nSPS) is 21.5. The number of nitrogens with zero attached hydrogens (tertiary/aromatic N) is 1. The van der Waals surface area contributed by atoms with E-state index in [2.05, 4.69) is 10.0 Å². The third kappa shape index (κ3) is 5.47. The lowest BCUT2D eigenvalue weighted by Crippen LogP contribution is -2.46. The maximum atomic E-state index is 11.7. The van der Waals surface area contributed by atoms with Crippen molar-refractivity contribution in [1.82, 2.24) is 14.9 Å². The Labute approximate surface area is 103 Å². The average Bonchev–Trinajstić information content (AvgIpc) is 2.26. The molecule has 17 heavy (non-hydrogen) atoms. The number of amides is 1. The number of likely N-dealkylation sites (tertiary alicyclic amines) is 1. The van der Waals surface area contributed by atoms with Crippen LogP contribution in [0.15, 0.2) is 0 Å². The molecular formula is C10H21N3O3S. The van der Waals surface area contributed by atoms with E-state index in [4.69, 9.17) is 0 Å². The molecule has 1 aliphatic heterocycles. The molecule has 0 aliphatic carbocycles. The molecule has 1 saturated heterocycles. The van der Waals surface area contributed by atoms with E-state index in [1.54, 1.807) is 11.9 Å². The highest BCUT2D eigenvalue weighted by molar-refractivity contribution is 7.88. The molecule has 1 atom stereocenters. The van der Waals surface area contributed by atoms with Crippen LogP contribution in [-0.4, -0.2) is 58.7 Å². The number of piperidine rings is 1. The van der Waals surface area contributed by atoms with E-state index in [9.17, 15) is 13.2 Å². The fraction of sp³-hybridized carbons (Fsp3) is 0.900. The van der Waals surface area contributed by atoms with E-state index in [0.29, 0.717) is 19.6 Å². The summed E-state index contributed by atoms with van der Waals surface area (Å²) in [4.78, 5) is 13.5. The second-order valence-corrected chi connectivity index (χ2v) is 6.33. The molecule has 1 unspecified atom stereocenters. The van der Waals surface area contributed by atoms with Crippen molar-refractivity contribution in [1.29, 1.82) is 0 Å². The SMILES string of the molecule is CNCC(=O)N1CCCC(CNS(C)(=O)=O)C1. The summed E-state index contributed by atoms with van der Waals surface area (Å²) in [5.41, 5.74) is 0. The molecule has 0 aromatic rings. The van der Waals surface area contributed by atoms with Gasteiger partial charge < -0.3 is 10.2 Å². The first-order valence-corrected chi connectivity index (χ1v) is 7.68. The van der Waals surface area contributed by atoms with Crippen LogP contribution in [0.1, 0.15) is 12.8 Å². The molecule has 1 fully saturated rings. The molecule has 1 rings (SSSR count). The fourth-order valence-corrected chi connectivity index (χ4v) is 2.53. The molecule has 6 nitrogen and oxygen atoms in total. The van der Waals surface area contributed by atoms with E-state index < -0.39 is 10.0 Å². The Kier molecular flexibility index (Phi) is 5.35. The molecule has 7 heteroatoms. The second kappa shape index (κ2) is 6.32. The van der Waals surface area contributed by atoms with Gasteiger partial charge in [-0.05, 0) is 25.8 Å². The van der Waals surface area contributed by atoms with Gasteiger partial charge >= 0.3 is 0 Å². The van der Waals surface area contributed by atoms with Gasteiger partial charge in [0.2, 0.25) is 15.9 Å². The summed E-state index contributed by atoms with van der Waals surface area (Å²) in [5.74, 6) is 0.302. The first-order chi connectivity index (χ1) is 7.92. The summed E-state index contributed by atoms with van der Waals surface area (Å²) in [6.45, 7) is 2.17. The Morgan fingerprint density at radius 3 is 2.76 bits per heavy atom. The van der Waals surface area contributed by atoms with E-state index in [1.165, 1.54) is 0 Å². The Balaban J connectivity index is 2.41. The number of sulfonamides is 1. The molecule has 0 aromatic heterocycles. The van der Waals surface area contributed by atoms with Crippen molar-refractivity contribution in [2.24, 2.45) is 5.92 Å². The highest BCUT2D eigenvalue weighted by atomic mass is 32.2. The highest BCUT2D eigenvalue weighted by Gasteiger charge is 2.23. The number of hydrogen-bond donors (Lipinski definition) is 2. The fourth-order valence-electron chi connectivity index (χ4n) is 1.99. The van der Waals surface area contributed by atoms with Crippen LogP contribution in [-0.2, 0) is 14.8 Å². The molecule has 1 aliphatic rings. The van der Waals surface area contributed by atoms with Gasteiger partial charge in [0.15, 0.2) is 0 Å². The lowest BCUT2D eigenvalue weighted by Gasteiger charge is -2.32. The van der Waals surface area contributed by atoms with Crippen molar-refractivity contribution >= 4 is 15.9 Å². The maximum absolute atomic E-state index is 11.7. The van der Waals surface area contributed by atoms with E-state index in [-0.39, 0.29) is 11.8 Å². The number of carbonyl (C=O) groups excluding carboxylic acids is 1. The summed E-state index contributed by atoms with van der Waals surface area (Å²) in [5, 5.41) is 2.83. The van der Waals surface area contributed by atoms with E-state index in [1.807, 2.05) is 0 Å². The number of carbonyl (C=O) groups is 1. The lowest BCUT2D eigenvalue weighted by molar-refractivity contribution is -0.131. The zero-order valence-corrected chi connectivity index (χ0v) is 11.2. The van der Waals surface area contributed by atoms with Crippen molar-refractivity contribution in [3.05, 3.63) is 0 Å². The second-order valence-electron chi connectivity index (χ2n) is 4.50. The first-order valence-electron chi connectivity index (χ1n) is 5.79. The molecule has 0 saturated carbocycles. The summed E-state index contributed by atoms with van der Waals surface area (Å²) < 4.78 is 24.5. The van der Waals surface area contributed by atoms with Gasteiger partial charge in [-0.1, -0.05) is 0 Å². The van der Waals surface area contributed by atoms with Gasteiger partial charge in [0, 0.05) is 19.6 Å². The predicted molar refractivity (Wildman–Crippen MR) is 66.1 cm³/mol. The van der Waals surface area contributed by atoms with Gasteiger partial charge in [-0.2, -0.15) is 0 Å². The maximum Gasteiger partial charge on any atom is 0.236 e. The zero-order chi connectivity index (χ0) is 12.9. The van der Waals surface area contributed by atoms with Crippen LogP contribution in [0.25, 0.3) is 0 Å². The molecule has 2 N–H and O–H groups in total. The molecule has 0 bridgehead atoms. The summed E-state index contributed by atoms with van der Waals surface area (Å²) in [6.07, 6.45) is 3.05. The topological polar surface area (TPSA) is 78.5 Å². The third-order valence-electron chi connectivity index (χ3n) is 2.83. The molecule has 0 aromatic carbocycles. The van der Waals surface area contributed by atoms with Crippen molar-refractivity contribution in [3.8, 4) is 0 Å². The van der Waals surface area contributed by atoms with Crippen LogP contribution in [0.5, 0.6) is 0 Å². The molecular weight excluding hydrogens is 242 g/mol. The van der Waals surface area contributed by atoms with Crippen molar-refractivity contribution in [2.45, 2.75) is 12.8 Å². The van der Waals surface area contributed by atoms with Crippen molar-refractivity contribution in [3.63, 3.8) is 0 Å².